The Morgan fingerprint density at radius 3 is 2.81 bits per heavy atom. The van der Waals surface area contributed by atoms with E-state index in [0.717, 1.165) is 10.9 Å². The van der Waals surface area contributed by atoms with E-state index in [4.69, 9.17) is 14.4 Å². The minimum absolute atomic E-state index is 0.184. The molecule has 26 heavy (non-hydrogen) atoms. The summed E-state index contributed by atoms with van der Waals surface area (Å²) in [6.45, 7) is 7.17. The zero-order valence-corrected chi connectivity index (χ0v) is 15.4. The summed E-state index contributed by atoms with van der Waals surface area (Å²) in [4.78, 5) is 16.0. The summed E-state index contributed by atoms with van der Waals surface area (Å²) in [5, 5.41) is 19.6. The number of aliphatic hydroxyl groups excluding tert-OH is 1. The normalized spacial score (nSPS) is 14.2. The summed E-state index contributed by atoms with van der Waals surface area (Å²) in [6.07, 6.45) is 3.97. The fourth-order valence-corrected chi connectivity index (χ4v) is 2.36. The van der Waals surface area contributed by atoms with Gasteiger partial charge in [-0.05, 0) is 51.0 Å². The first-order valence-electron chi connectivity index (χ1n) is 8.26. The zero-order chi connectivity index (χ0) is 19.3. The number of rotatable bonds is 7. The van der Waals surface area contributed by atoms with Crippen LogP contribution in [0.5, 0.6) is 5.75 Å². The van der Waals surface area contributed by atoms with Gasteiger partial charge in [-0.1, -0.05) is 24.3 Å². The van der Waals surface area contributed by atoms with Crippen LogP contribution < -0.4 is 10.4 Å². The van der Waals surface area contributed by atoms with Crippen molar-refractivity contribution in [1.29, 1.82) is 0 Å². The van der Waals surface area contributed by atoms with Gasteiger partial charge in [0.15, 0.2) is 0 Å². The quantitative estimate of drug-likeness (QED) is 0.339. The second kappa shape index (κ2) is 8.31. The standard InChI is InChI=1S/C20H24O6/c1-13(15(21)8-10-20(3,4)26-23)9-11-24-17-12-18(22)25-16-7-5-6-14(2)19(16)17/h5-10,12,15,21,23H,11H2,1-4H3/b10-8+,13-9+/t15-/m0/s1. The van der Waals surface area contributed by atoms with Gasteiger partial charge in [0.2, 0.25) is 0 Å². The Hall–Kier alpha value is -2.41. The Morgan fingerprint density at radius 1 is 1.38 bits per heavy atom. The molecule has 1 heterocycles. The number of aryl methyl sites for hydroxylation is 1. The molecule has 0 aliphatic carbocycles. The summed E-state index contributed by atoms with van der Waals surface area (Å²) in [7, 11) is 0. The molecule has 0 aliphatic heterocycles. The Kier molecular flexibility index (Phi) is 6.37. The second-order valence-corrected chi connectivity index (χ2v) is 6.64. The molecule has 1 aromatic carbocycles. The molecule has 0 unspecified atom stereocenters. The Labute approximate surface area is 151 Å². The van der Waals surface area contributed by atoms with Gasteiger partial charge in [-0.15, -0.1) is 0 Å². The molecule has 0 fully saturated rings. The molecule has 0 radical (unpaired) electrons. The second-order valence-electron chi connectivity index (χ2n) is 6.64. The number of ether oxygens (including phenoxy) is 1. The smallest absolute Gasteiger partial charge is 0.339 e. The van der Waals surface area contributed by atoms with Crippen molar-refractivity contribution in [2.24, 2.45) is 0 Å². The molecule has 0 aliphatic rings. The Morgan fingerprint density at radius 2 is 2.12 bits per heavy atom. The summed E-state index contributed by atoms with van der Waals surface area (Å²) in [6, 6.07) is 6.76. The Balaban J connectivity index is 2.13. The molecule has 0 saturated carbocycles. The molecule has 6 heteroatoms. The number of benzene rings is 1. The lowest BCUT2D eigenvalue weighted by atomic mass is 10.1. The average Bonchev–Trinajstić information content (AvgIpc) is 2.59. The van der Waals surface area contributed by atoms with E-state index in [2.05, 4.69) is 4.89 Å². The van der Waals surface area contributed by atoms with Crippen LogP contribution in [0, 0.1) is 6.92 Å². The van der Waals surface area contributed by atoms with E-state index in [9.17, 15) is 9.90 Å². The minimum atomic E-state index is -0.883. The maximum atomic E-state index is 11.7. The predicted molar refractivity (Wildman–Crippen MR) is 99.4 cm³/mol. The highest BCUT2D eigenvalue weighted by atomic mass is 17.1. The Bertz CT molecular complexity index is 875. The third kappa shape index (κ3) is 5.05. The van der Waals surface area contributed by atoms with Gasteiger partial charge in [-0.2, -0.15) is 0 Å². The largest absolute Gasteiger partial charge is 0.488 e. The highest BCUT2D eigenvalue weighted by molar-refractivity contribution is 5.86. The van der Waals surface area contributed by atoms with Crippen LogP contribution in [0.3, 0.4) is 0 Å². The lowest BCUT2D eigenvalue weighted by Crippen LogP contribution is -2.20. The van der Waals surface area contributed by atoms with Crippen LogP contribution in [0.2, 0.25) is 0 Å². The fourth-order valence-electron chi connectivity index (χ4n) is 2.36. The van der Waals surface area contributed by atoms with Crippen LogP contribution in [0.1, 0.15) is 26.3 Å². The van der Waals surface area contributed by atoms with Gasteiger partial charge in [-0.3, -0.25) is 5.26 Å². The third-order valence-electron chi connectivity index (χ3n) is 3.97. The van der Waals surface area contributed by atoms with Crippen molar-refractivity contribution in [1.82, 2.24) is 0 Å². The molecule has 0 amide bonds. The zero-order valence-electron chi connectivity index (χ0n) is 15.4. The van der Waals surface area contributed by atoms with Crippen molar-refractivity contribution in [3.05, 3.63) is 64.1 Å². The molecular weight excluding hydrogens is 336 g/mol. The minimum Gasteiger partial charge on any atom is -0.488 e. The molecule has 0 spiro atoms. The van der Waals surface area contributed by atoms with E-state index >= 15 is 0 Å². The van der Waals surface area contributed by atoms with E-state index in [1.54, 1.807) is 39.0 Å². The molecule has 1 aromatic heterocycles. The van der Waals surface area contributed by atoms with E-state index in [1.807, 2.05) is 19.1 Å². The molecule has 140 valence electrons. The van der Waals surface area contributed by atoms with Crippen molar-refractivity contribution in [3.8, 4) is 5.75 Å². The predicted octanol–water partition coefficient (Wildman–Crippen LogP) is 3.61. The van der Waals surface area contributed by atoms with Crippen LogP contribution in [0.25, 0.3) is 11.0 Å². The molecular formula is C20H24O6. The highest BCUT2D eigenvalue weighted by Gasteiger charge is 2.14. The topological polar surface area (TPSA) is 89.1 Å². The number of hydrogen-bond donors (Lipinski definition) is 2. The van der Waals surface area contributed by atoms with Gasteiger partial charge >= 0.3 is 5.63 Å². The van der Waals surface area contributed by atoms with Gasteiger partial charge in [0.1, 0.15) is 23.5 Å². The first-order chi connectivity index (χ1) is 12.2. The van der Waals surface area contributed by atoms with Gasteiger partial charge < -0.3 is 14.3 Å². The van der Waals surface area contributed by atoms with E-state index < -0.39 is 17.3 Å². The molecule has 2 rings (SSSR count). The lowest BCUT2D eigenvalue weighted by Gasteiger charge is -2.16. The molecule has 0 saturated heterocycles. The van der Waals surface area contributed by atoms with Crippen molar-refractivity contribution < 1.29 is 24.4 Å². The number of hydrogen-bond acceptors (Lipinski definition) is 6. The van der Waals surface area contributed by atoms with Crippen LogP contribution in [0.4, 0.5) is 0 Å². The van der Waals surface area contributed by atoms with Crippen molar-refractivity contribution in [2.75, 3.05) is 6.61 Å². The molecule has 2 aromatic rings. The average molecular weight is 360 g/mol. The van der Waals surface area contributed by atoms with Gasteiger partial charge in [0.25, 0.3) is 0 Å². The summed E-state index contributed by atoms with van der Waals surface area (Å²) < 4.78 is 10.9. The van der Waals surface area contributed by atoms with Crippen LogP contribution in [-0.4, -0.2) is 28.7 Å². The third-order valence-corrected chi connectivity index (χ3v) is 3.97. The van der Waals surface area contributed by atoms with Crippen LogP contribution in [-0.2, 0) is 4.89 Å². The molecule has 2 N–H and O–H groups in total. The molecule has 1 atom stereocenters. The van der Waals surface area contributed by atoms with Gasteiger partial charge in [0, 0.05) is 0 Å². The van der Waals surface area contributed by atoms with E-state index in [-0.39, 0.29) is 6.61 Å². The first-order valence-corrected chi connectivity index (χ1v) is 8.26. The summed E-state index contributed by atoms with van der Waals surface area (Å²) in [5.41, 5.74) is 0.720. The summed E-state index contributed by atoms with van der Waals surface area (Å²) >= 11 is 0. The SMILES string of the molecule is C/C(=C\COc1cc(=O)oc2cccc(C)c12)[C@@H](O)/C=C/C(C)(C)OO. The highest BCUT2D eigenvalue weighted by Crippen LogP contribution is 2.27. The van der Waals surface area contributed by atoms with Crippen molar-refractivity contribution >= 4 is 11.0 Å². The monoisotopic (exact) mass is 360 g/mol. The number of fused-ring (bicyclic) bond motifs is 1. The maximum absolute atomic E-state index is 11.7. The van der Waals surface area contributed by atoms with Gasteiger partial charge in [-0.25, -0.2) is 9.68 Å². The van der Waals surface area contributed by atoms with Crippen molar-refractivity contribution in [2.45, 2.75) is 39.4 Å². The fraction of sp³-hybridized carbons (Fsp3) is 0.350. The number of aliphatic hydroxyl groups is 1. The summed E-state index contributed by atoms with van der Waals surface area (Å²) in [5.74, 6) is 0.443. The lowest BCUT2D eigenvalue weighted by molar-refractivity contribution is -0.297. The van der Waals surface area contributed by atoms with Crippen molar-refractivity contribution in [3.63, 3.8) is 0 Å². The maximum Gasteiger partial charge on any atom is 0.339 e. The van der Waals surface area contributed by atoms with E-state index in [0.29, 0.717) is 16.9 Å². The molecule has 6 nitrogen and oxygen atoms in total. The van der Waals surface area contributed by atoms with Gasteiger partial charge in [0.05, 0.1) is 17.6 Å². The van der Waals surface area contributed by atoms with Crippen LogP contribution in [0.15, 0.2) is 57.3 Å². The molecule has 0 bridgehead atoms. The van der Waals surface area contributed by atoms with Crippen LogP contribution >= 0.6 is 0 Å². The van der Waals surface area contributed by atoms with E-state index in [1.165, 1.54) is 12.1 Å². The first kappa shape index (κ1) is 19.9.